The Balaban J connectivity index is 1.65. The minimum Gasteiger partial charge on any atom is -0.325 e. The number of hydrogen-bond acceptors (Lipinski definition) is 4. The Bertz CT molecular complexity index is 952. The summed E-state index contributed by atoms with van der Waals surface area (Å²) in [5.41, 5.74) is 4.31. The Hall–Kier alpha value is -2.60. The molecule has 0 fully saturated rings. The van der Waals surface area contributed by atoms with Gasteiger partial charge in [0.1, 0.15) is 0 Å². The Labute approximate surface area is 176 Å². The van der Waals surface area contributed by atoms with Gasteiger partial charge < -0.3 is 5.32 Å². The lowest BCUT2D eigenvalue weighted by Crippen LogP contribution is -2.23. The fraction of sp³-hybridized carbons (Fsp3) is 0.348. The number of benzene rings is 2. The Morgan fingerprint density at radius 1 is 1.10 bits per heavy atom. The maximum absolute atomic E-state index is 12.7. The number of hydrogen-bond donors (Lipinski definition) is 2. The summed E-state index contributed by atoms with van der Waals surface area (Å²) in [6.07, 6.45) is 2.03. The monoisotopic (exact) mass is 408 g/mol. The Kier molecular flexibility index (Phi) is 7.09. The van der Waals surface area contributed by atoms with E-state index in [9.17, 15) is 4.79 Å². The number of aromatic nitrogens is 3. The summed E-state index contributed by atoms with van der Waals surface area (Å²) in [6.45, 7) is 8.33. The third kappa shape index (κ3) is 5.26. The maximum atomic E-state index is 12.7. The number of rotatable bonds is 8. The molecule has 3 aromatic rings. The first kappa shape index (κ1) is 21.1. The van der Waals surface area contributed by atoms with E-state index in [1.807, 2.05) is 37.3 Å². The van der Waals surface area contributed by atoms with Gasteiger partial charge in [0.05, 0.1) is 5.25 Å². The van der Waals surface area contributed by atoms with Crippen LogP contribution in [0.25, 0.3) is 11.4 Å². The zero-order valence-electron chi connectivity index (χ0n) is 17.4. The fourth-order valence-electron chi connectivity index (χ4n) is 3.03. The molecule has 0 aliphatic carbocycles. The van der Waals surface area contributed by atoms with Crippen molar-refractivity contribution in [2.24, 2.45) is 0 Å². The van der Waals surface area contributed by atoms with E-state index in [1.54, 1.807) is 0 Å². The molecular formula is C23H28N4OS. The first-order chi connectivity index (χ1) is 14.0. The van der Waals surface area contributed by atoms with Gasteiger partial charge in [-0.2, -0.15) is 0 Å². The van der Waals surface area contributed by atoms with Crippen molar-refractivity contribution >= 4 is 23.4 Å². The van der Waals surface area contributed by atoms with Crippen molar-refractivity contribution in [1.82, 2.24) is 15.2 Å². The number of aryl methyl sites for hydroxylation is 1. The van der Waals surface area contributed by atoms with E-state index in [-0.39, 0.29) is 11.2 Å². The minimum absolute atomic E-state index is 0.0515. The molecule has 0 aliphatic heterocycles. The van der Waals surface area contributed by atoms with Crippen LogP contribution >= 0.6 is 11.8 Å². The Morgan fingerprint density at radius 2 is 1.83 bits per heavy atom. The average molecular weight is 409 g/mol. The molecule has 152 valence electrons. The van der Waals surface area contributed by atoms with Gasteiger partial charge in [-0.25, -0.2) is 4.98 Å². The van der Waals surface area contributed by atoms with Crippen LogP contribution < -0.4 is 5.32 Å². The number of anilines is 1. The molecule has 0 spiro atoms. The highest BCUT2D eigenvalue weighted by molar-refractivity contribution is 8.00. The third-order valence-electron chi connectivity index (χ3n) is 5.11. The van der Waals surface area contributed by atoms with Crippen molar-refractivity contribution in [3.05, 3.63) is 59.7 Å². The number of para-hydroxylation sites is 1. The third-order valence-corrected chi connectivity index (χ3v) is 6.07. The second-order valence-corrected chi connectivity index (χ2v) is 8.47. The molecule has 1 amide bonds. The van der Waals surface area contributed by atoms with Crippen LogP contribution in [0.4, 0.5) is 5.69 Å². The average Bonchev–Trinajstić information content (AvgIpc) is 3.22. The van der Waals surface area contributed by atoms with Crippen LogP contribution in [0.2, 0.25) is 0 Å². The number of nitrogens with zero attached hydrogens (tertiary/aromatic N) is 2. The van der Waals surface area contributed by atoms with Gasteiger partial charge in [-0.15, -0.1) is 5.10 Å². The summed E-state index contributed by atoms with van der Waals surface area (Å²) in [6, 6.07) is 16.3. The molecule has 6 heteroatoms. The van der Waals surface area contributed by atoms with Gasteiger partial charge in [0.25, 0.3) is 0 Å². The van der Waals surface area contributed by atoms with Crippen molar-refractivity contribution in [3.8, 4) is 11.4 Å². The van der Waals surface area contributed by atoms with Gasteiger partial charge in [-0.1, -0.05) is 75.0 Å². The summed E-state index contributed by atoms with van der Waals surface area (Å²) in [4.78, 5) is 17.3. The standard InChI is InChI=1S/C23H28N4OS/c1-5-15(3)19-9-7-8-10-20(19)24-22(28)16(4)29-23-25-21(26-27-23)18-13-11-17(6-2)12-14-18/h7-16H,5-6H2,1-4H3,(H,24,28)(H,25,26,27)/t15-,16+/m1/s1. The van der Waals surface area contributed by atoms with E-state index in [4.69, 9.17) is 0 Å². The zero-order valence-corrected chi connectivity index (χ0v) is 18.2. The smallest absolute Gasteiger partial charge is 0.237 e. The van der Waals surface area contributed by atoms with Crippen LogP contribution in [0.5, 0.6) is 0 Å². The van der Waals surface area contributed by atoms with Gasteiger partial charge in [0.2, 0.25) is 11.1 Å². The number of thioether (sulfide) groups is 1. The van der Waals surface area contributed by atoms with E-state index in [2.05, 4.69) is 59.5 Å². The molecule has 2 aromatic carbocycles. The van der Waals surface area contributed by atoms with Crippen molar-refractivity contribution in [3.63, 3.8) is 0 Å². The number of nitrogens with one attached hydrogen (secondary N) is 2. The zero-order chi connectivity index (χ0) is 20.8. The maximum Gasteiger partial charge on any atom is 0.237 e. The van der Waals surface area contributed by atoms with Crippen molar-refractivity contribution in [2.75, 3.05) is 5.32 Å². The topological polar surface area (TPSA) is 70.7 Å². The lowest BCUT2D eigenvalue weighted by Gasteiger charge is -2.17. The predicted octanol–water partition coefficient (Wildman–Crippen LogP) is 5.67. The van der Waals surface area contributed by atoms with Gasteiger partial charge in [-0.3, -0.25) is 9.89 Å². The molecule has 29 heavy (non-hydrogen) atoms. The van der Waals surface area contributed by atoms with E-state index >= 15 is 0 Å². The first-order valence-corrected chi connectivity index (χ1v) is 11.0. The highest BCUT2D eigenvalue weighted by Gasteiger charge is 2.19. The molecule has 2 atom stereocenters. The molecule has 0 saturated heterocycles. The second-order valence-electron chi connectivity index (χ2n) is 7.16. The van der Waals surface area contributed by atoms with Crippen LogP contribution in [0.15, 0.2) is 53.7 Å². The molecule has 0 saturated carbocycles. The normalized spacial score (nSPS) is 13.1. The fourth-order valence-corrected chi connectivity index (χ4v) is 3.76. The van der Waals surface area contributed by atoms with Crippen LogP contribution in [0.3, 0.4) is 0 Å². The SMILES string of the molecule is CCc1ccc(-c2nc(S[C@@H](C)C(=O)Nc3ccccc3[C@H](C)CC)n[nH]2)cc1. The largest absolute Gasteiger partial charge is 0.325 e. The number of amides is 1. The van der Waals surface area contributed by atoms with Crippen molar-refractivity contribution in [2.45, 2.75) is 56.9 Å². The Morgan fingerprint density at radius 3 is 2.52 bits per heavy atom. The summed E-state index contributed by atoms with van der Waals surface area (Å²) in [7, 11) is 0. The summed E-state index contributed by atoms with van der Waals surface area (Å²) < 4.78 is 0. The van der Waals surface area contributed by atoms with Gasteiger partial charge >= 0.3 is 0 Å². The van der Waals surface area contributed by atoms with E-state index in [0.717, 1.165) is 29.7 Å². The quantitative estimate of drug-likeness (QED) is 0.471. The van der Waals surface area contributed by atoms with E-state index < -0.39 is 0 Å². The summed E-state index contributed by atoms with van der Waals surface area (Å²) in [5.74, 6) is 1.05. The lowest BCUT2D eigenvalue weighted by molar-refractivity contribution is -0.115. The molecule has 1 aromatic heterocycles. The van der Waals surface area contributed by atoms with Crippen molar-refractivity contribution < 1.29 is 4.79 Å². The summed E-state index contributed by atoms with van der Waals surface area (Å²) in [5, 5.41) is 10.6. The molecule has 0 aliphatic rings. The molecular weight excluding hydrogens is 380 g/mol. The molecule has 1 heterocycles. The van der Waals surface area contributed by atoms with Crippen LogP contribution in [0.1, 0.15) is 51.2 Å². The minimum atomic E-state index is -0.314. The van der Waals surface area contributed by atoms with E-state index in [1.165, 1.54) is 17.3 Å². The lowest BCUT2D eigenvalue weighted by atomic mass is 9.97. The number of carbonyl (C=O) groups is 1. The first-order valence-electron chi connectivity index (χ1n) is 10.1. The molecule has 0 bridgehead atoms. The van der Waals surface area contributed by atoms with Crippen molar-refractivity contribution in [1.29, 1.82) is 0 Å². The van der Waals surface area contributed by atoms with E-state index in [0.29, 0.717) is 16.9 Å². The summed E-state index contributed by atoms with van der Waals surface area (Å²) >= 11 is 1.35. The van der Waals surface area contributed by atoms with Gasteiger partial charge in [0, 0.05) is 11.3 Å². The molecule has 5 nitrogen and oxygen atoms in total. The number of carbonyl (C=O) groups excluding carboxylic acids is 1. The molecule has 2 N–H and O–H groups in total. The molecule has 3 rings (SSSR count). The second kappa shape index (κ2) is 9.74. The van der Waals surface area contributed by atoms with Crippen LogP contribution in [-0.2, 0) is 11.2 Å². The van der Waals surface area contributed by atoms with Crippen LogP contribution in [-0.4, -0.2) is 26.3 Å². The number of aromatic amines is 1. The van der Waals surface area contributed by atoms with Gasteiger partial charge in [0.15, 0.2) is 5.82 Å². The predicted molar refractivity (Wildman–Crippen MR) is 120 cm³/mol. The molecule has 0 unspecified atom stereocenters. The number of H-pyrrole nitrogens is 1. The van der Waals surface area contributed by atoms with Crippen LogP contribution in [0, 0.1) is 0 Å². The molecule has 0 radical (unpaired) electrons. The highest BCUT2D eigenvalue weighted by Crippen LogP contribution is 2.28. The van der Waals surface area contributed by atoms with Gasteiger partial charge in [-0.05, 0) is 42.9 Å². The highest BCUT2D eigenvalue weighted by atomic mass is 32.2.